The molecule has 1 N–H and O–H groups in total. The molecule has 0 aliphatic carbocycles. The van der Waals surface area contributed by atoms with Crippen molar-refractivity contribution in [1.29, 1.82) is 0 Å². The van der Waals surface area contributed by atoms with Gasteiger partial charge in [0.1, 0.15) is 0 Å². The van der Waals surface area contributed by atoms with Crippen LogP contribution >= 0.6 is 35.6 Å². The number of halogens is 2. The molecule has 0 radical (unpaired) electrons. The van der Waals surface area contributed by atoms with Gasteiger partial charge in [-0.25, -0.2) is 0 Å². The van der Waals surface area contributed by atoms with Gasteiger partial charge in [0.05, 0.1) is 6.61 Å². The van der Waals surface area contributed by atoms with Crippen molar-refractivity contribution in [1.82, 2.24) is 10.2 Å². The highest BCUT2D eigenvalue weighted by molar-refractivity contribution is 14.0. The van der Waals surface area contributed by atoms with Crippen molar-refractivity contribution in [2.24, 2.45) is 10.9 Å². The highest BCUT2D eigenvalue weighted by atomic mass is 127. The first kappa shape index (κ1) is 20.5. The highest BCUT2D eigenvalue weighted by Gasteiger charge is 2.18. The molecule has 1 saturated heterocycles. The fraction of sp³-hybridized carbons (Fsp3) is 0.588. The Labute approximate surface area is 161 Å². The summed E-state index contributed by atoms with van der Waals surface area (Å²) in [5, 5.41) is 4.14. The Hall–Kier alpha value is -0.530. The van der Waals surface area contributed by atoms with Crippen molar-refractivity contribution in [3.63, 3.8) is 0 Å². The minimum absolute atomic E-state index is 0. The van der Waals surface area contributed by atoms with E-state index in [9.17, 15) is 0 Å². The van der Waals surface area contributed by atoms with Gasteiger partial charge in [0.25, 0.3) is 0 Å². The summed E-state index contributed by atoms with van der Waals surface area (Å²) >= 11 is 5.91. The van der Waals surface area contributed by atoms with Gasteiger partial charge in [-0.3, -0.25) is 4.99 Å². The van der Waals surface area contributed by atoms with Gasteiger partial charge in [0, 0.05) is 44.2 Å². The third-order valence-electron chi connectivity index (χ3n) is 3.83. The molecule has 0 spiro atoms. The largest absolute Gasteiger partial charge is 0.381 e. The zero-order chi connectivity index (χ0) is 15.8. The average Bonchev–Trinajstić information content (AvgIpc) is 3.01. The smallest absolute Gasteiger partial charge is 0.193 e. The molecule has 4 nitrogen and oxygen atoms in total. The van der Waals surface area contributed by atoms with Crippen molar-refractivity contribution in [3.8, 4) is 0 Å². The van der Waals surface area contributed by atoms with Gasteiger partial charge in [0.15, 0.2) is 5.96 Å². The van der Waals surface area contributed by atoms with Gasteiger partial charge < -0.3 is 15.0 Å². The van der Waals surface area contributed by atoms with Crippen molar-refractivity contribution < 1.29 is 4.74 Å². The van der Waals surface area contributed by atoms with Crippen LogP contribution in [-0.2, 0) is 11.2 Å². The number of aliphatic imine (C=N–C) groups is 1. The molecule has 0 saturated carbocycles. The number of nitrogens with one attached hydrogen (secondary N) is 1. The summed E-state index contributed by atoms with van der Waals surface area (Å²) in [5.74, 6) is 1.59. The molecular weight excluding hydrogens is 425 g/mol. The van der Waals surface area contributed by atoms with Crippen LogP contribution in [0.2, 0.25) is 5.02 Å². The third kappa shape index (κ3) is 7.27. The van der Waals surface area contributed by atoms with E-state index in [1.165, 1.54) is 5.56 Å². The number of hydrogen-bond acceptors (Lipinski definition) is 2. The third-order valence-corrected chi connectivity index (χ3v) is 4.08. The van der Waals surface area contributed by atoms with Gasteiger partial charge in [0.2, 0.25) is 0 Å². The Kier molecular flexibility index (Phi) is 9.90. The second-order valence-corrected chi connectivity index (χ2v) is 6.16. The van der Waals surface area contributed by atoms with E-state index in [1.807, 2.05) is 12.1 Å². The van der Waals surface area contributed by atoms with E-state index in [0.717, 1.165) is 56.7 Å². The fourth-order valence-electron chi connectivity index (χ4n) is 2.61. The Morgan fingerprint density at radius 2 is 2.13 bits per heavy atom. The molecule has 1 unspecified atom stereocenters. The summed E-state index contributed by atoms with van der Waals surface area (Å²) < 4.78 is 5.45. The number of guanidine groups is 1. The molecule has 6 heteroatoms. The van der Waals surface area contributed by atoms with Crippen LogP contribution in [0.5, 0.6) is 0 Å². The van der Waals surface area contributed by atoms with Gasteiger partial charge in [-0.2, -0.15) is 0 Å². The topological polar surface area (TPSA) is 36.9 Å². The second-order valence-electron chi connectivity index (χ2n) is 5.72. The summed E-state index contributed by atoms with van der Waals surface area (Å²) in [6.07, 6.45) is 2.07. The lowest BCUT2D eigenvalue weighted by Gasteiger charge is -2.24. The van der Waals surface area contributed by atoms with Crippen LogP contribution in [0.4, 0.5) is 0 Å². The van der Waals surface area contributed by atoms with Crippen LogP contribution in [0.15, 0.2) is 29.3 Å². The monoisotopic (exact) mass is 451 g/mol. The zero-order valence-electron chi connectivity index (χ0n) is 13.9. The minimum atomic E-state index is 0. The van der Waals surface area contributed by atoms with E-state index in [0.29, 0.717) is 5.92 Å². The standard InChI is InChI=1S/C17H26ClN3O.HI/c1-3-19-17(21(2)12-15-9-11-22-13-15)20-10-8-14-4-6-16(18)7-5-14;/h4-7,15H,3,8-13H2,1-2H3,(H,19,20);1H. The molecule has 1 aromatic rings. The maximum atomic E-state index is 5.91. The van der Waals surface area contributed by atoms with E-state index in [4.69, 9.17) is 21.3 Å². The van der Waals surface area contributed by atoms with Crippen LogP contribution in [-0.4, -0.2) is 50.8 Å². The summed E-state index contributed by atoms with van der Waals surface area (Å²) in [6, 6.07) is 7.98. The molecular formula is C17H27ClIN3O. The number of benzene rings is 1. The molecule has 1 aliphatic rings. The van der Waals surface area contributed by atoms with E-state index >= 15 is 0 Å². The van der Waals surface area contributed by atoms with Gasteiger partial charge >= 0.3 is 0 Å². The SMILES string of the molecule is CCNC(=NCCc1ccc(Cl)cc1)N(C)CC1CCOC1.I. The van der Waals surface area contributed by atoms with Crippen LogP contribution < -0.4 is 5.32 Å². The van der Waals surface area contributed by atoms with Gasteiger partial charge in [-0.05, 0) is 37.5 Å². The van der Waals surface area contributed by atoms with E-state index in [-0.39, 0.29) is 24.0 Å². The van der Waals surface area contributed by atoms with Crippen molar-refractivity contribution >= 4 is 41.5 Å². The molecule has 130 valence electrons. The van der Waals surface area contributed by atoms with E-state index in [1.54, 1.807) is 0 Å². The lowest BCUT2D eigenvalue weighted by molar-refractivity contribution is 0.181. The predicted molar refractivity (Wildman–Crippen MR) is 108 cm³/mol. The normalized spacial score (nSPS) is 17.7. The zero-order valence-corrected chi connectivity index (χ0v) is 17.0. The fourth-order valence-corrected chi connectivity index (χ4v) is 2.74. The minimum Gasteiger partial charge on any atom is -0.381 e. The lowest BCUT2D eigenvalue weighted by Crippen LogP contribution is -2.41. The van der Waals surface area contributed by atoms with Crippen LogP contribution in [0.3, 0.4) is 0 Å². The first-order valence-electron chi connectivity index (χ1n) is 8.00. The van der Waals surface area contributed by atoms with Crippen molar-refractivity contribution in [3.05, 3.63) is 34.9 Å². The molecule has 1 aromatic carbocycles. The van der Waals surface area contributed by atoms with E-state index < -0.39 is 0 Å². The molecule has 0 bridgehead atoms. The molecule has 23 heavy (non-hydrogen) atoms. The predicted octanol–water partition coefficient (Wildman–Crippen LogP) is 3.43. The maximum absolute atomic E-state index is 5.91. The lowest BCUT2D eigenvalue weighted by atomic mass is 10.1. The first-order valence-corrected chi connectivity index (χ1v) is 8.38. The van der Waals surface area contributed by atoms with Crippen LogP contribution in [0.1, 0.15) is 18.9 Å². The summed E-state index contributed by atoms with van der Waals surface area (Å²) in [6.45, 7) is 6.51. The average molecular weight is 452 g/mol. The highest BCUT2D eigenvalue weighted by Crippen LogP contribution is 2.13. The first-order chi connectivity index (χ1) is 10.7. The van der Waals surface area contributed by atoms with Gasteiger partial charge in [-0.15, -0.1) is 24.0 Å². The van der Waals surface area contributed by atoms with Gasteiger partial charge in [-0.1, -0.05) is 23.7 Å². The molecule has 0 aromatic heterocycles. The molecule has 1 heterocycles. The Bertz CT molecular complexity index is 475. The second kappa shape index (κ2) is 11.1. The molecule has 1 aliphatic heterocycles. The molecule has 2 rings (SSSR count). The molecule has 1 atom stereocenters. The molecule has 0 amide bonds. The number of rotatable bonds is 6. The number of nitrogens with zero attached hydrogens (tertiary/aromatic N) is 2. The summed E-state index contributed by atoms with van der Waals surface area (Å²) in [5.41, 5.74) is 1.26. The maximum Gasteiger partial charge on any atom is 0.193 e. The van der Waals surface area contributed by atoms with Crippen molar-refractivity contribution in [2.75, 3.05) is 39.9 Å². The Morgan fingerprint density at radius 1 is 1.39 bits per heavy atom. The van der Waals surface area contributed by atoms with E-state index in [2.05, 4.69) is 36.3 Å². The quantitative estimate of drug-likeness (QED) is 0.409. The number of hydrogen-bond donors (Lipinski definition) is 1. The summed E-state index contributed by atoms with van der Waals surface area (Å²) in [7, 11) is 2.10. The van der Waals surface area contributed by atoms with Crippen LogP contribution in [0.25, 0.3) is 0 Å². The molecule has 1 fully saturated rings. The van der Waals surface area contributed by atoms with Crippen LogP contribution in [0, 0.1) is 5.92 Å². The number of ether oxygens (including phenoxy) is 1. The Balaban J connectivity index is 0.00000264. The Morgan fingerprint density at radius 3 is 2.74 bits per heavy atom. The van der Waals surface area contributed by atoms with Crippen molar-refractivity contribution in [2.45, 2.75) is 19.8 Å². The summed E-state index contributed by atoms with van der Waals surface area (Å²) in [4.78, 5) is 6.94.